The Balaban J connectivity index is 1.65. The zero-order valence-electron chi connectivity index (χ0n) is 28.9. The summed E-state index contributed by atoms with van der Waals surface area (Å²) in [5, 5.41) is 10.6. The number of rotatable bonds is 37. The minimum atomic E-state index is -0.442. The van der Waals surface area contributed by atoms with Crippen molar-refractivity contribution in [1.29, 1.82) is 0 Å². The molecule has 0 atom stereocenters. The minimum absolute atomic E-state index is 0.0363. The van der Waals surface area contributed by atoms with E-state index in [0.29, 0.717) is 85.0 Å². The number of ether oxygens (including phenoxy) is 7. The largest absolute Gasteiger partial charge is 0.491 e. The Morgan fingerprint density at radius 2 is 0.739 bits per heavy atom. The van der Waals surface area contributed by atoms with Gasteiger partial charge in [0.05, 0.1) is 77.6 Å². The smallest absolute Gasteiger partial charge is 0.269 e. The third kappa shape index (κ3) is 29.6. The molecule has 0 aliphatic heterocycles. The first-order valence-electron chi connectivity index (χ1n) is 18.1. The van der Waals surface area contributed by atoms with Crippen molar-refractivity contribution in [3.05, 3.63) is 34.4 Å². The van der Waals surface area contributed by atoms with Crippen LogP contribution in [0.15, 0.2) is 24.3 Å². The van der Waals surface area contributed by atoms with Gasteiger partial charge >= 0.3 is 0 Å². The lowest BCUT2D eigenvalue weighted by molar-refractivity contribution is -0.384. The number of nitrogens with zero attached hydrogens (tertiary/aromatic N) is 1. The van der Waals surface area contributed by atoms with Crippen LogP contribution in [0.5, 0.6) is 5.75 Å². The van der Waals surface area contributed by atoms with Gasteiger partial charge in [-0.2, -0.15) is 0 Å². The Morgan fingerprint density at radius 1 is 0.435 bits per heavy atom. The van der Waals surface area contributed by atoms with E-state index in [1.807, 2.05) is 0 Å². The molecule has 0 heterocycles. The fraction of sp³-hybridized carbons (Fsp3) is 0.833. The maximum atomic E-state index is 10.6. The SMILES string of the molecule is CCCCCCCCCCCCCCCCCCOCCOCCOCCOCCOCCOCCOc1ccc([N+](=O)[O-])cc1. The number of nitro benzene ring substituents is 1. The Labute approximate surface area is 279 Å². The number of hydrogen-bond donors (Lipinski definition) is 0. The van der Waals surface area contributed by atoms with Crippen molar-refractivity contribution in [2.45, 2.75) is 110 Å². The minimum Gasteiger partial charge on any atom is -0.491 e. The summed E-state index contributed by atoms with van der Waals surface area (Å²) >= 11 is 0. The summed E-state index contributed by atoms with van der Waals surface area (Å²) in [4.78, 5) is 10.2. The van der Waals surface area contributed by atoms with Crippen molar-refractivity contribution < 1.29 is 38.1 Å². The Morgan fingerprint density at radius 3 is 1.09 bits per heavy atom. The van der Waals surface area contributed by atoms with Gasteiger partial charge in [-0.3, -0.25) is 10.1 Å². The predicted octanol–water partition coefficient (Wildman–Crippen LogP) is 8.33. The van der Waals surface area contributed by atoms with Crippen LogP contribution in [0.25, 0.3) is 0 Å². The normalized spacial score (nSPS) is 11.3. The van der Waals surface area contributed by atoms with Crippen molar-refractivity contribution in [1.82, 2.24) is 0 Å². The number of benzene rings is 1. The molecule has 46 heavy (non-hydrogen) atoms. The van der Waals surface area contributed by atoms with Gasteiger partial charge in [0.1, 0.15) is 12.4 Å². The summed E-state index contributed by atoms with van der Waals surface area (Å²) < 4.78 is 38.6. The van der Waals surface area contributed by atoms with Crippen molar-refractivity contribution >= 4 is 5.69 Å². The molecular formula is C36H65NO9. The molecule has 1 aromatic rings. The summed E-state index contributed by atoms with van der Waals surface area (Å²) in [6, 6.07) is 5.96. The van der Waals surface area contributed by atoms with Crippen LogP contribution in [0.4, 0.5) is 5.69 Å². The Kier molecular flexibility index (Phi) is 31.7. The maximum Gasteiger partial charge on any atom is 0.269 e. The summed E-state index contributed by atoms with van der Waals surface area (Å²) in [7, 11) is 0. The van der Waals surface area contributed by atoms with Crippen LogP contribution in [0.1, 0.15) is 110 Å². The molecule has 0 aromatic heterocycles. The lowest BCUT2D eigenvalue weighted by atomic mass is 10.0. The summed E-state index contributed by atoms with van der Waals surface area (Å²) in [5.74, 6) is 0.569. The van der Waals surface area contributed by atoms with Gasteiger partial charge in [0.25, 0.3) is 5.69 Å². The van der Waals surface area contributed by atoms with E-state index >= 15 is 0 Å². The highest BCUT2D eigenvalue weighted by Gasteiger charge is 2.04. The fourth-order valence-corrected chi connectivity index (χ4v) is 4.84. The van der Waals surface area contributed by atoms with Crippen molar-refractivity contribution in [2.24, 2.45) is 0 Å². The Bertz CT molecular complexity index is 766. The van der Waals surface area contributed by atoms with Crippen LogP contribution in [0, 0.1) is 10.1 Å². The fourth-order valence-electron chi connectivity index (χ4n) is 4.84. The molecule has 268 valence electrons. The van der Waals surface area contributed by atoms with Gasteiger partial charge in [-0.1, -0.05) is 103 Å². The van der Waals surface area contributed by atoms with Gasteiger partial charge < -0.3 is 33.2 Å². The van der Waals surface area contributed by atoms with Gasteiger partial charge in [-0.15, -0.1) is 0 Å². The molecule has 0 aliphatic rings. The predicted molar refractivity (Wildman–Crippen MR) is 183 cm³/mol. The molecule has 10 heteroatoms. The molecule has 0 spiro atoms. The average molecular weight is 656 g/mol. The molecular weight excluding hydrogens is 590 g/mol. The van der Waals surface area contributed by atoms with Crippen LogP contribution in [0.2, 0.25) is 0 Å². The molecule has 0 saturated heterocycles. The maximum absolute atomic E-state index is 10.6. The summed E-state index contributed by atoms with van der Waals surface area (Å²) in [6.45, 7) is 9.19. The first-order valence-corrected chi connectivity index (χ1v) is 18.1. The molecule has 1 rings (SSSR count). The van der Waals surface area contributed by atoms with E-state index < -0.39 is 4.92 Å². The second-order valence-electron chi connectivity index (χ2n) is 11.6. The molecule has 0 fully saturated rings. The van der Waals surface area contributed by atoms with Crippen molar-refractivity contribution in [2.75, 3.05) is 85.9 Å². The standard InChI is InChI=1S/C36H65NO9/c1-2-3-4-5-6-7-8-9-10-11-12-13-14-15-16-17-22-40-23-24-41-25-26-42-27-28-43-29-30-44-31-32-45-33-34-46-36-20-18-35(19-21-36)37(38)39/h18-21H,2-17,22-34H2,1H3. The highest BCUT2D eigenvalue weighted by Crippen LogP contribution is 2.17. The molecule has 0 bridgehead atoms. The van der Waals surface area contributed by atoms with E-state index in [4.69, 9.17) is 33.2 Å². The van der Waals surface area contributed by atoms with Gasteiger partial charge in [-0.05, 0) is 18.6 Å². The number of non-ortho nitro benzene ring substituents is 1. The van der Waals surface area contributed by atoms with Crippen LogP contribution < -0.4 is 4.74 Å². The van der Waals surface area contributed by atoms with Crippen LogP contribution in [-0.4, -0.2) is 90.8 Å². The van der Waals surface area contributed by atoms with E-state index in [0.717, 1.165) is 13.0 Å². The first kappa shape index (κ1) is 42.2. The van der Waals surface area contributed by atoms with Crippen molar-refractivity contribution in [3.63, 3.8) is 0 Å². The van der Waals surface area contributed by atoms with Crippen molar-refractivity contribution in [3.8, 4) is 5.75 Å². The van der Waals surface area contributed by atoms with Crippen LogP contribution in [0.3, 0.4) is 0 Å². The lowest BCUT2D eigenvalue weighted by Crippen LogP contribution is -2.14. The zero-order chi connectivity index (χ0) is 33.0. The van der Waals surface area contributed by atoms with Crippen LogP contribution >= 0.6 is 0 Å². The van der Waals surface area contributed by atoms with Gasteiger partial charge in [-0.25, -0.2) is 0 Å². The van der Waals surface area contributed by atoms with E-state index in [9.17, 15) is 10.1 Å². The highest BCUT2D eigenvalue weighted by molar-refractivity contribution is 5.35. The quantitative estimate of drug-likeness (QED) is 0.0397. The third-order valence-electron chi connectivity index (χ3n) is 7.55. The Hall–Kier alpha value is -1.82. The number of unbranched alkanes of at least 4 members (excludes halogenated alkanes) is 15. The molecule has 0 radical (unpaired) electrons. The third-order valence-corrected chi connectivity index (χ3v) is 7.55. The van der Waals surface area contributed by atoms with E-state index in [1.165, 1.54) is 108 Å². The lowest BCUT2D eigenvalue weighted by Gasteiger charge is -2.09. The monoisotopic (exact) mass is 655 g/mol. The molecule has 0 amide bonds. The first-order chi connectivity index (χ1) is 22.7. The summed E-state index contributed by atoms with van der Waals surface area (Å²) in [5.41, 5.74) is 0.0363. The second-order valence-corrected chi connectivity index (χ2v) is 11.6. The zero-order valence-corrected chi connectivity index (χ0v) is 28.9. The van der Waals surface area contributed by atoms with Gasteiger partial charge in [0, 0.05) is 18.7 Å². The highest BCUT2D eigenvalue weighted by atomic mass is 16.6. The average Bonchev–Trinajstić information content (AvgIpc) is 3.06. The van der Waals surface area contributed by atoms with Gasteiger partial charge in [0.15, 0.2) is 0 Å². The van der Waals surface area contributed by atoms with E-state index in [-0.39, 0.29) is 5.69 Å². The topological polar surface area (TPSA) is 108 Å². The van der Waals surface area contributed by atoms with Gasteiger partial charge in [0.2, 0.25) is 0 Å². The number of nitro groups is 1. The molecule has 0 unspecified atom stereocenters. The molecule has 1 aromatic carbocycles. The second kappa shape index (κ2) is 34.5. The van der Waals surface area contributed by atoms with E-state index in [1.54, 1.807) is 12.1 Å². The molecule has 10 nitrogen and oxygen atoms in total. The molecule has 0 aliphatic carbocycles. The summed E-state index contributed by atoms with van der Waals surface area (Å²) in [6.07, 6.45) is 22.1. The molecule has 0 N–H and O–H groups in total. The number of hydrogen-bond acceptors (Lipinski definition) is 9. The molecule has 0 saturated carbocycles. The van der Waals surface area contributed by atoms with Crippen LogP contribution in [-0.2, 0) is 28.4 Å². The van der Waals surface area contributed by atoms with E-state index in [2.05, 4.69) is 6.92 Å².